The van der Waals surface area contributed by atoms with Gasteiger partial charge >= 0.3 is 0 Å². The van der Waals surface area contributed by atoms with Gasteiger partial charge in [-0.05, 0) is 43.2 Å². The Morgan fingerprint density at radius 2 is 2.15 bits per heavy atom. The summed E-state index contributed by atoms with van der Waals surface area (Å²) in [5, 5.41) is 0. The minimum absolute atomic E-state index is 0.0281. The number of benzene rings is 1. The van der Waals surface area contributed by atoms with Gasteiger partial charge in [0.2, 0.25) is 0 Å². The lowest BCUT2D eigenvalue weighted by molar-refractivity contribution is 0.0734. The Labute approximate surface area is 117 Å². The average Bonchev–Trinajstić information content (AvgIpc) is 3.09. The lowest BCUT2D eigenvalue weighted by Crippen LogP contribution is -2.31. The van der Waals surface area contributed by atoms with Gasteiger partial charge in [-0.1, -0.05) is 0 Å². The van der Waals surface area contributed by atoms with Crippen LogP contribution in [0, 0.1) is 0 Å². The molecule has 1 saturated heterocycles. The van der Waals surface area contributed by atoms with Gasteiger partial charge in [0.1, 0.15) is 0 Å². The molecule has 1 fully saturated rings. The van der Waals surface area contributed by atoms with Crippen molar-refractivity contribution in [1.82, 2.24) is 9.88 Å². The van der Waals surface area contributed by atoms with Crippen molar-refractivity contribution in [2.45, 2.75) is 18.9 Å². The van der Waals surface area contributed by atoms with E-state index >= 15 is 0 Å². The first kappa shape index (κ1) is 12.6. The Hall–Kier alpha value is -2.43. The van der Waals surface area contributed by atoms with E-state index in [2.05, 4.69) is 4.98 Å². The summed E-state index contributed by atoms with van der Waals surface area (Å²) in [4.78, 5) is 17.8. The van der Waals surface area contributed by atoms with E-state index in [0.29, 0.717) is 16.9 Å². The fraction of sp³-hybridized carbons (Fsp3) is 0.267. The highest BCUT2D eigenvalue weighted by molar-refractivity contribution is 6.00. The summed E-state index contributed by atoms with van der Waals surface area (Å²) in [5.41, 5.74) is 14.2. The number of carbonyl (C=O) groups excluding carboxylic acids is 1. The van der Waals surface area contributed by atoms with Crippen LogP contribution in [0.4, 0.5) is 11.4 Å². The predicted molar refractivity (Wildman–Crippen MR) is 79.1 cm³/mol. The number of anilines is 2. The molecule has 0 aliphatic carbocycles. The molecule has 3 rings (SSSR count). The Morgan fingerprint density at radius 1 is 1.30 bits per heavy atom. The molecular formula is C15H18N4O. The number of amides is 1. The molecule has 5 heteroatoms. The van der Waals surface area contributed by atoms with Crippen LogP contribution in [0.2, 0.25) is 0 Å². The fourth-order valence-corrected chi connectivity index (χ4v) is 2.82. The maximum Gasteiger partial charge on any atom is 0.256 e. The van der Waals surface area contributed by atoms with Crippen molar-refractivity contribution in [1.29, 1.82) is 0 Å². The van der Waals surface area contributed by atoms with Crippen LogP contribution in [0.25, 0.3) is 0 Å². The molecule has 5 N–H and O–H groups in total. The SMILES string of the molecule is Nc1ccc(C(=O)N2CCCC2c2ccc[nH]2)c(N)c1. The van der Waals surface area contributed by atoms with Crippen LogP contribution in [-0.2, 0) is 0 Å². The number of nitrogens with one attached hydrogen (secondary N) is 1. The van der Waals surface area contributed by atoms with Gasteiger partial charge in [0.25, 0.3) is 5.91 Å². The second-order valence-electron chi connectivity index (χ2n) is 5.13. The highest BCUT2D eigenvalue weighted by atomic mass is 16.2. The van der Waals surface area contributed by atoms with Crippen LogP contribution in [0.3, 0.4) is 0 Å². The third-order valence-corrected chi connectivity index (χ3v) is 3.80. The van der Waals surface area contributed by atoms with Crippen LogP contribution in [0.15, 0.2) is 36.5 Å². The third kappa shape index (κ3) is 2.11. The van der Waals surface area contributed by atoms with E-state index in [-0.39, 0.29) is 11.9 Å². The third-order valence-electron chi connectivity index (χ3n) is 3.80. The largest absolute Gasteiger partial charge is 0.399 e. The minimum Gasteiger partial charge on any atom is -0.399 e. The van der Waals surface area contributed by atoms with E-state index in [1.165, 1.54) is 0 Å². The second kappa shape index (κ2) is 4.92. The van der Waals surface area contributed by atoms with Gasteiger partial charge in [0, 0.05) is 29.8 Å². The molecule has 1 unspecified atom stereocenters. The molecule has 1 aliphatic rings. The molecule has 104 valence electrons. The van der Waals surface area contributed by atoms with Gasteiger partial charge in [-0.3, -0.25) is 4.79 Å². The maximum atomic E-state index is 12.7. The van der Waals surface area contributed by atoms with Crippen LogP contribution >= 0.6 is 0 Å². The number of nitrogens with two attached hydrogens (primary N) is 2. The average molecular weight is 270 g/mol. The Bertz CT molecular complexity index is 621. The van der Waals surface area contributed by atoms with Gasteiger partial charge in [0.15, 0.2) is 0 Å². The standard InChI is InChI=1S/C15H18N4O/c16-10-5-6-11(12(17)9-10)15(20)19-8-2-4-14(19)13-3-1-7-18-13/h1,3,5-7,9,14,18H,2,4,8,16-17H2. The van der Waals surface area contributed by atoms with Crippen molar-refractivity contribution in [3.63, 3.8) is 0 Å². The first-order valence-electron chi connectivity index (χ1n) is 6.76. The number of hydrogen-bond donors (Lipinski definition) is 3. The zero-order chi connectivity index (χ0) is 14.1. The minimum atomic E-state index is -0.0281. The van der Waals surface area contributed by atoms with Crippen LogP contribution in [0.5, 0.6) is 0 Å². The number of hydrogen-bond acceptors (Lipinski definition) is 3. The van der Waals surface area contributed by atoms with Gasteiger partial charge in [-0.25, -0.2) is 0 Å². The van der Waals surface area contributed by atoms with Crippen molar-refractivity contribution in [3.8, 4) is 0 Å². The number of H-pyrrole nitrogens is 1. The van der Waals surface area contributed by atoms with E-state index in [9.17, 15) is 4.79 Å². The second-order valence-corrected chi connectivity index (χ2v) is 5.13. The van der Waals surface area contributed by atoms with E-state index in [4.69, 9.17) is 11.5 Å². The summed E-state index contributed by atoms with van der Waals surface area (Å²) >= 11 is 0. The summed E-state index contributed by atoms with van der Waals surface area (Å²) < 4.78 is 0. The lowest BCUT2D eigenvalue weighted by Gasteiger charge is -2.24. The van der Waals surface area contributed by atoms with Crippen molar-refractivity contribution < 1.29 is 4.79 Å². The molecule has 0 bridgehead atoms. The van der Waals surface area contributed by atoms with E-state index in [0.717, 1.165) is 25.1 Å². The van der Waals surface area contributed by atoms with Crippen LogP contribution < -0.4 is 11.5 Å². The van der Waals surface area contributed by atoms with E-state index in [1.807, 2.05) is 23.2 Å². The number of aromatic nitrogens is 1. The van der Waals surface area contributed by atoms with Crippen LogP contribution in [-0.4, -0.2) is 22.3 Å². The molecule has 0 radical (unpaired) electrons. The Morgan fingerprint density at radius 3 is 2.85 bits per heavy atom. The molecule has 1 aromatic heterocycles. The Balaban J connectivity index is 1.89. The number of aromatic amines is 1. The monoisotopic (exact) mass is 270 g/mol. The van der Waals surface area contributed by atoms with Gasteiger partial charge in [0.05, 0.1) is 11.6 Å². The van der Waals surface area contributed by atoms with Crippen molar-refractivity contribution in [3.05, 3.63) is 47.8 Å². The summed E-state index contributed by atoms with van der Waals surface area (Å²) in [6.07, 6.45) is 3.86. The summed E-state index contributed by atoms with van der Waals surface area (Å²) in [7, 11) is 0. The maximum absolute atomic E-state index is 12.7. The van der Waals surface area contributed by atoms with Gasteiger partial charge < -0.3 is 21.4 Å². The number of nitrogens with zero attached hydrogens (tertiary/aromatic N) is 1. The highest BCUT2D eigenvalue weighted by Crippen LogP contribution is 2.33. The van der Waals surface area contributed by atoms with Crippen molar-refractivity contribution >= 4 is 17.3 Å². The fourth-order valence-electron chi connectivity index (χ4n) is 2.82. The Kier molecular flexibility index (Phi) is 3.10. The molecular weight excluding hydrogens is 252 g/mol. The van der Waals surface area contributed by atoms with Crippen molar-refractivity contribution in [2.24, 2.45) is 0 Å². The summed E-state index contributed by atoms with van der Waals surface area (Å²) in [6.45, 7) is 0.756. The molecule has 20 heavy (non-hydrogen) atoms. The van der Waals surface area contributed by atoms with E-state index < -0.39 is 0 Å². The topological polar surface area (TPSA) is 88.1 Å². The summed E-state index contributed by atoms with van der Waals surface area (Å²) in [6, 6.07) is 9.12. The van der Waals surface area contributed by atoms with Gasteiger partial charge in [-0.2, -0.15) is 0 Å². The first-order chi connectivity index (χ1) is 9.66. The molecule has 0 saturated carbocycles. The zero-order valence-electron chi connectivity index (χ0n) is 11.2. The van der Waals surface area contributed by atoms with Crippen LogP contribution in [0.1, 0.15) is 34.9 Å². The molecule has 2 aromatic rings. The highest BCUT2D eigenvalue weighted by Gasteiger charge is 2.31. The zero-order valence-corrected chi connectivity index (χ0v) is 11.2. The molecule has 2 heterocycles. The molecule has 1 aromatic carbocycles. The van der Waals surface area contributed by atoms with Gasteiger partial charge in [-0.15, -0.1) is 0 Å². The molecule has 1 amide bonds. The molecule has 1 aliphatic heterocycles. The normalized spacial score (nSPS) is 18.4. The number of nitrogen functional groups attached to an aromatic ring is 2. The van der Waals surface area contributed by atoms with Crippen molar-refractivity contribution in [2.75, 3.05) is 18.0 Å². The lowest BCUT2D eigenvalue weighted by atomic mass is 10.1. The smallest absolute Gasteiger partial charge is 0.256 e. The molecule has 0 spiro atoms. The molecule has 5 nitrogen and oxygen atoms in total. The number of rotatable bonds is 2. The first-order valence-corrected chi connectivity index (χ1v) is 6.76. The van der Waals surface area contributed by atoms with E-state index in [1.54, 1.807) is 18.2 Å². The summed E-state index contributed by atoms with van der Waals surface area (Å²) in [5.74, 6) is -0.0281. The quantitative estimate of drug-likeness (QED) is 0.731. The number of likely N-dealkylation sites (tertiary alicyclic amines) is 1. The predicted octanol–water partition coefficient (Wildman–Crippen LogP) is 2.16. The molecule has 1 atom stereocenters. The number of carbonyl (C=O) groups is 1.